The second-order valence-electron chi connectivity index (χ2n) is 4.36. The molecule has 1 aliphatic rings. The van der Waals surface area contributed by atoms with E-state index in [4.69, 9.17) is 9.84 Å². The average molecular weight is 279 g/mol. The number of hydrogen-bond acceptors (Lipinski definition) is 4. The van der Waals surface area contributed by atoms with Crippen LogP contribution in [0.25, 0.3) is 0 Å². The Kier molecular flexibility index (Phi) is 5.40. The van der Waals surface area contributed by atoms with Gasteiger partial charge in [0.25, 0.3) is 0 Å². The lowest BCUT2D eigenvalue weighted by Gasteiger charge is -2.07. The number of rotatable bonds is 4. The number of aliphatic hydroxyl groups is 1. The van der Waals surface area contributed by atoms with Gasteiger partial charge < -0.3 is 15.2 Å². The molecule has 0 aromatic carbocycles. The van der Waals surface area contributed by atoms with E-state index in [1.807, 2.05) is 11.4 Å². The van der Waals surface area contributed by atoms with Gasteiger partial charge in [0.1, 0.15) is 0 Å². The first-order valence-corrected chi connectivity index (χ1v) is 7.20. The topological polar surface area (TPSA) is 58.6 Å². The quantitative estimate of drug-likeness (QED) is 0.813. The van der Waals surface area contributed by atoms with E-state index in [0.717, 1.165) is 16.9 Å². The van der Waals surface area contributed by atoms with Crippen LogP contribution in [0.3, 0.4) is 0 Å². The largest absolute Gasteiger partial charge is 0.395 e. The molecule has 1 unspecified atom stereocenters. The molecule has 5 heteroatoms. The zero-order chi connectivity index (χ0) is 13.5. The van der Waals surface area contributed by atoms with Gasteiger partial charge in [0.2, 0.25) is 5.91 Å². The molecule has 1 aromatic heterocycles. The first-order valence-electron chi connectivity index (χ1n) is 6.32. The van der Waals surface area contributed by atoms with Gasteiger partial charge in [0.05, 0.1) is 25.7 Å². The maximum Gasteiger partial charge on any atom is 0.225 e. The minimum Gasteiger partial charge on any atom is -0.395 e. The molecule has 1 fully saturated rings. The number of carbonyl (C=O) groups is 1. The fourth-order valence-corrected chi connectivity index (χ4v) is 2.58. The number of amides is 1. The summed E-state index contributed by atoms with van der Waals surface area (Å²) in [7, 11) is 0. The van der Waals surface area contributed by atoms with Crippen molar-refractivity contribution in [3.8, 4) is 11.8 Å². The smallest absolute Gasteiger partial charge is 0.225 e. The van der Waals surface area contributed by atoms with Crippen molar-refractivity contribution in [3.05, 3.63) is 21.9 Å². The molecule has 1 amide bonds. The van der Waals surface area contributed by atoms with Crippen molar-refractivity contribution in [2.75, 3.05) is 19.8 Å². The minimum atomic E-state index is 0.00350. The van der Waals surface area contributed by atoms with Crippen LogP contribution in [0.5, 0.6) is 0 Å². The van der Waals surface area contributed by atoms with E-state index in [2.05, 4.69) is 17.2 Å². The average Bonchev–Trinajstić information content (AvgIpc) is 3.08. The molecule has 1 aromatic rings. The predicted octanol–water partition coefficient (Wildman–Crippen LogP) is 1.13. The molecular weight excluding hydrogens is 262 g/mol. The summed E-state index contributed by atoms with van der Waals surface area (Å²) in [5, 5.41) is 13.5. The highest BCUT2D eigenvalue weighted by atomic mass is 32.1. The lowest BCUT2D eigenvalue weighted by Crippen LogP contribution is -2.30. The van der Waals surface area contributed by atoms with E-state index >= 15 is 0 Å². The van der Waals surface area contributed by atoms with Crippen molar-refractivity contribution >= 4 is 17.2 Å². The Balaban J connectivity index is 1.80. The molecule has 2 N–H and O–H groups in total. The van der Waals surface area contributed by atoms with Crippen LogP contribution in [0.2, 0.25) is 0 Å². The summed E-state index contributed by atoms with van der Waals surface area (Å²) in [5.74, 6) is 5.93. The molecule has 1 aliphatic heterocycles. The van der Waals surface area contributed by atoms with Crippen molar-refractivity contribution in [1.29, 1.82) is 0 Å². The third-order valence-corrected chi connectivity index (χ3v) is 3.80. The van der Waals surface area contributed by atoms with E-state index in [0.29, 0.717) is 26.2 Å². The van der Waals surface area contributed by atoms with Gasteiger partial charge in [-0.25, -0.2) is 0 Å². The second-order valence-corrected chi connectivity index (χ2v) is 5.35. The Morgan fingerprint density at radius 2 is 2.53 bits per heavy atom. The van der Waals surface area contributed by atoms with Crippen LogP contribution < -0.4 is 5.32 Å². The van der Waals surface area contributed by atoms with E-state index in [-0.39, 0.29) is 18.4 Å². The second kappa shape index (κ2) is 7.29. The molecule has 0 saturated carbocycles. The van der Waals surface area contributed by atoms with Crippen molar-refractivity contribution in [2.45, 2.75) is 19.4 Å². The highest BCUT2D eigenvalue weighted by molar-refractivity contribution is 7.10. The molecule has 0 bridgehead atoms. The predicted molar refractivity (Wildman–Crippen MR) is 73.7 cm³/mol. The van der Waals surface area contributed by atoms with Crippen LogP contribution in [0, 0.1) is 17.8 Å². The highest BCUT2D eigenvalue weighted by Gasteiger charge is 2.22. The summed E-state index contributed by atoms with van der Waals surface area (Å²) in [6.45, 7) is 1.85. The molecule has 2 heterocycles. The minimum absolute atomic E-state index is 0.00350. The molecule has 2 rings (SSSR count). The number of ether oxygens (including phenoxy) is 1. The first kappa shape index (κ1) is 14.1. The Morgan fingerprint density at radius 1 is 1.63 bits per heavy atom. The number of carbonyl (C=O) groups excluding carboxylic acids is 1. The van der Waals surface area contributed by atoms with Gasteiger partial charge in [-0.1, -0.05) is 11.8 Å². The molecular formula is C14H17NO3S. The van der Waals surface area contributed by atoms with Crippen LogP contribution in [0.4, 0.5) is 0 Å². The fraction of sp³-hybridized carbons (Fsp3) is 0.500. The van der Waals surface area contributed by atoms with E-state index in [1.54, 1.807) is 11.3 Å². The molecule has 19 heavy (non-hydrogen) atoms. The summed E-state index contributed by atoms with van der Waals surface area (Å²) >= 11 is 1.58. The summed E-state index contributed by atoms with van der Waals surface area (Å²) in [6, 6.07) is 1.97. The Hall–Kier alpha value is -1.35. The normalized spacial score (nSPS) is 17.8. The van der Waals surface area contributed by atoms with Crippen molar-refractivity contribution in [1.82, 2.24) is 5.32 Å². The standard InChI is InChI=1S/C14H17NO3S/c16-5-2-1-3-11-7-13(19-10-11)8-15-14(17)12-4-6-18-9-12/h7,10,12,16H,2,4-6,8-9H2,(H,15,17). The zero-order valence-electron chi connectivity index (χ0n) is 10.6. The monoisotopic (exact) mass is 279 g/mol. The Morgan fingerprint density at radius 3 is 3.26 bits per heavy atom. The molecule has 0 spiro atoms. The third kappa shape index (κ3) is 4.35. The van der Waals surface area contributed by atoms with Gasteiger partial charge in [0, 0.05) is 28.8 Å². The van der Waals surface area contributed by atoms with Crippen molar-refractivity contribution < 1.29 is 14.6 Å². The van der Waals surface area contributed by atoms with Crippen LogP contribution >= 0.6 is 11.3 Å². The fourth-order valence-electron chi connectivity index (χ4n) is 1.82. The van der Waals surface area contributed by atoms with Crippen LogP contribution in [-0.2, 0) is 16.1 Å². The number of thiophene rings is 1. The summed E-state index contributed by atoms with van der Waals surface area (Å²) in [6.07, 6.45) is 1.30. The SMILES string of the molecule is O=C(NCc1cc(C#CCCO)cs1)C1CCOC1. The van der Waals surface area contributed by atoms with Crippen molar-refractivity contribution in [3.63, 3.8) is 0 Å². The molecule has 1 atom stereocenters. The van der Waals surface area contributed by atoms with Gasteiger partial charge >= 0.3 is 0 Å². The van der Waals surface area contributed by atoms with Gasteiger partial charge in [-0.3, -0.25) is 4.79 Å². The highest BCUT2D eigenvalue weighted by Crippen LogP contribution is 2.15. The maximum atomic E-state index is 11.8. The zero-order valence-corrected chi connectivity index (χ0v) is 11.5. The van der Waals surface area contributed by atoms with Crippen LogP contribution in [-0.4, -0.2) is 30.8 Å². The van der Waals surface area contributed by atoms with Gasteiger partial charge in [-0.15, -0.1) is 11.3 Å². The van der Waals surface area contributed by atoms with E-state index in [1.165, 1.54) is 0 Å². The number of nitrogens with one attached hydrogen (secondary N) is 1. The Bertz CT molecular complexity index is 480. The molecule has 0 aliphatic carbocycles. The first-order chi connectivity index (χ1) is 9.29. The number of aliphatic hydroxyl groups excluding tert-OH is 1. The van der Waals surface area contributed by atoms with E-state index < -0.39 is 0 Å². The van der Waals surface area contributed by atoms with Crippen LogP contribution in [0.15, 0.2) is 11.4 Å². The summed E-state index contributed by atoms with van der Waals surface area (Å²) in [5.41, 5.74) is 0.937. The molecule has 0 radical (unpaired) electrons. The maximum absolute atomic E-state index is 11.8. The van der Waals surface area contributed by atoms with Gasteiger partial charge in [0.15, 0.2) is 0 Å². The lowest BCUT2D eigenvalue weighted by atomic mass is 10.1. The summed E-state index contributed by atoms with van der Waals surface area (Å²) < 4.78 is 5.19. The Labute approximate surface area is 116 Å². The molecule has 102 valence electrons. The van der Waals surface area contributed by atoms with Gasteiger partial charge in [-0.2, -0.15) is 0 Å². The lowest BCUT2D eigenvalue weighted by molar-refractivity contribution is -0.125. The van der Waals surface area contributed by atoms with Crippen molar-refractivity contribution in [2.24, 2.45) is 5.92 Å². The number of hydrogen-bond donors (Lipinski definition) is 2. The molecule has 1 saturated heterocycles. The van der Waals surface area contributed by atoms with Gasteiger partial charge in [-0.05, 0) is 12.5 Å². The molecule has 4 nitrogen and oxygen atoms in total. The van der Waals surface area contributed by atoms with Crippen LogP contribution in [0.1, 0.15) is 23.3 Å². The summed E-state index contributed by atoms with van der Waals surface area (Å²) in [4.78, 5) is 12.9. The third-order valence-electron chi connectivity index (χ3n) is 2.86. The van der Waals surface area contributed by atoms with E-state index in [9.17, 15) is 4.79 Å².